The Morgan fingerprint density at radius 1 is 1.71 bits per heavy atom. The van der Waals surface area contributed by atoms with Crippen LogP contribution in [0.5, 0.6) is 0 Å². The van der Waals surface area contributed by atoms with Gasteiger partial charge in [0.2, 0.25) is 0 Å². The Balaban J connectivity index is -0.0000000800. The highest BCUT2D eigenvalue weighted by atomic mass is 35.5. The fourth-order valence-corrected chi connectivity index (χ4v) is 0. The molecule has 2 N–H and O–H groups in total. The molecule has 0 radical (unpaired) electrons. The minimum absolute atomic E-state index is 0. The molecule has 0 heterocycles. The molecule has 0 aromatic heterocycles. The molecule has 0 aromatic rings. The molecule has 44 valence electrons. The molecular formula is H5AlClNO4. The maximum Gasteiger partial charge on any atom is 0.311 e. The van der Waals surface area contributed by atoms with Crippen LogP contribution in [0, 0.1) is 10.1 Å². The monoisotopic (exact) mass is 145 g/mol. The smallest absolute Gasteiger partial charge is 0.311 e. The Kier molecular flexibility index (Phi) is 21.1. The summed E-state index contributed by atoms with van der Waals surface area (Å²) >= 11 is 4.14. The van der Waals surface area contributed by atoms with Crippen LogP contribution < -0.4 is 0 Å². The highest BCUT2D eigenvalue weighted by molar-refractivity contribution is 6.06. The van der Waals surface area contributed by atoms with E-state index in [1.807, 2.05) is 0 Å². The van der Waals surface area contributed by atoms with Gasteiger partial charge in [-0.15, -0.1) is 10.1 Å². The van der Waals surface area contributed by atoms with Crippen molar-refractivity contribution in [3.05, 3.63) is 10.1 Å². The maximum absolute atomic E-state index is 8.82. The minimum atomic E-state index is -1.11. The van der Waals surface area contributed by atoms with E-state index in [1.54, 1.807) is 0 Å². The van der Waals surface area contributed by atoms with E-state index in [1.165, 1.54) is 0 Å². The second-order valence-corrected chi connectivity index (χ2v) is 0.431. The Hall–Kier alpha value is -0.0175. The summed E-state index contributed by atoms with van der Waals surface area (Å²) in [5.41, 5.74) is 0. The highest BCUT2D eigenvalue weighted by Gasteiger charge is 1.80. The predicted octanol–water partition coefficient (Wildman–Crippen LogP) is -1.66. The number of hydrogen-bond donors (Lipinski definition) is 0. The zero-order chi connectivity index (χ0) is 4.28. The Labute approximate surface area is 54.9 Å². The molecule has 0 saturated heterocycles. The van der Waals surface area contributed by atoms with Crippen LogP contribution in [0.1, 0.15) is 0 Å². The van der Waals surface area contributed by atoms with Crippen LogP contribution in [0.25, 0.3) is 0 Å². The van der Waals surface area contributed by atoms with Crippen molar-refractivity contribution in [3.63, 3.8) is 0 Å². The number of halogens is 1. The van der Waals surface area contributed by atoms with E-state index in [-0.39, 0.29) is 22.8 Å². The average Bonchev–Trinajstić information content (AvgIpc) is 1.38. The first-order chi connectivity index (χ1) is 2.27. The molecule has 0 atom stereocenters. The maximum atomic E-state index is 8.82. The van der Waals surface area contributed by atoms with Gasteiger partial charge in [-0.3, -0.25) is 0 Å². The number of hydrogen-bond acceptors (Lipinski definition) is 3. The summed E-state index contributed by atoms with van der Waals surface area (Å²) in [5, 5.41) is 7.71. The third-order valence-electron chi connectivity index (χ3n) is 0.0563. The molecule has 0 aliphatic heterocycles. The van der Waals surface area contributed by atoms with Crippen molar-refractivity contribution < 1.29 is 15.0 Å². The molecular weight excluding hydrogens is 140 g/mol. The van der Waals surface area contributed by atoms with Crippen LogP contribution in [0.2, 0.25) is 0 Å². The van der Waals surface area contributed by atoms with Crippen molar-refractivity contribution in [1.29, 1.82) is 0 Å². The van der Waals surface area contributed by atoms with Crippen LogP contribution >= 0.6 is 11.9 Å². The molecule has 0 aliphatic rings. The first-order valence-corrected chi connectivity index (χ1v) is 1.01. The molecule has 5 nitrogen and oxygen atoms in total. The van der Waals surface area contributed by atoms with Crippen LogP contribution in [0.4, 0.5) is 0 Å². The van der Waals surface area contributed by atoms with Crippen molar-refractivity contribution in [1.82, 2.24) is 0 Å². The summed E-state index contributed by atoms with van der Waals surface area (Å²) < 4.78 is 2.94. The molecule has 7 heavy (non-hydrogen) atoms. The first kappa shape index (κ1) is 15.8. The summed E-state index contributed by atoms with van der Waals surface area (Å²) in [6.07, 6.45) is 0. The Morgan fingerprint density at radius 3 is 1.86 bits per heavy atom. The van der Waals surface area contributed by atoms with Crippen molar-refractivity contribution >= 4 is 29.2 Å². The molecule has 0 spiro atoms. The SMILES string of the molecule is O.O=[N+]([O-])OCl.[AlH3]. The molecule has 0 unspecified atom stereocenters. The third kappa shape index (κ3) is 24.1. The Bertz CT molecular complexity index is 47.0. The second-order valence-electron chi connectivity index (χ2n) is 0.293. The molecule has 0 rings (SSSR count). The van der Waals surface area contributed by atoms with E-state index in [0.717, 1.165) is 0 Å². The van der Waals surface area contributed by atoms with Gasteiger partial charge in [0.15, 0.2) is 17.4 Å². The van der Waals surface area contributed by atoms with E-state index in [0.29, 0.717) is 0 Å². The standard InChI is InChI=1S/Al.ClNO3.H2O.3H/c;1-5-2(3)4;;;;/h;;1H2;;;. The molecule has 0 fully saturated rings. The summed E-state index contributed by atoms with van der Waals surface area (Å²) in [6, 6.07) is 0. The van der Waals surface area contributed by atoms with Gasteiger partial charge in [0.1, 0.15) is 11.9 Å². The molecule has 0 aliphatic carbocycles. The topological polar surface area (TPSA) is 83.9 Å². The van der Waals surface area contributed by atoms with Gasteiger partial charge < -0.3 is 5.48 Å². The van der Waals surface area contributed by atoms with Crippen LogP contribution in [-0.2, 0) is 4.39 Å². The lowest BCUT2D eigenvalue weighted by atomic mass is 13.1. The summed E-state index contributed by atoms with van der Waals surface area (Å²) in [4.78, 5) is 8.82. The lowest BCUT2D eigenvalue weighted by Crippen LogP contribution is -1.85. The fourth-order valence-electron chi connectivity index (χ4n) is 0. The largest absolute Gasteiger partial charge is 0.412 e. The van der Waals surface area contributed by atoms with Crippen molar-refractivity contribution in [2.75, 3.05) is 0 Å². The van der Waals surface area contributed by atoms with Gasteiger partial charge in [-0.1, -0.05) is 0 Å². The summed E-state index contributed by atoms with van der Waals surface area (Å²) in [6.45, 7) is 0. The summed E-state index contributed by atoms with van der Waals surface area (Å²) in [5.74, 6) is 0. The van der Waals surface area contributed by atoms with Crippen LogP contribution in [0.15, 0.2) is 0 Å². The van der Waals surface area contributed by atoms with Gasteiger partial charge in [0.05, 0.1) is 0 Å². The van der Waals surface area contributed by atoms with Gasteiger partial charge in [0, 0.05) is 0 Å². The average molecular weight is 145 g/mol. The number of nitrogens with zero attached hydrogens (tertiary/aromatic N) is 1. The third-order valence-corrected chi connectivity index (χ3v) is 0.169. The summed E-state index contributed by atoms with van der Waals surface area (Å²) in [7, 11) is 0. The van der Waals surface area contributed by atoms with E-state index in [2.05, 4.69) is 16.3 Å². The minimum Gasteiger partial charge on any atom is -0.412 e. The molecule has 0 amide bonds. The van der Waals surface area contributed by atoms with Crippen molar-refractivity contribution in [2.45, 2.75) is 0 Å². The quantitative estimate of drug-likeness (QED) is 0.251. The molecule has 0 aromatic carbocycles. The number of rotatable bonds is 1. The fraction of sp³-hybridized carbons (Fsp3) is 0. The van der Waals surface area contributed by atoms with Crippen molar-refractivity contribution in [2.24, 2.45) is 0 Å². The van der Waals surface area contributed by atoms with Gasteiger partial charge in [0.25, 0.3) is 0 Å². The van der Waals surface area contributed by atoms with Gasteiger partial charge in [-0.05, 0) is 0 Å². The lowest BCUT2D eigenvalue weighted by molar-refractivity contribution is -0.714. The normalized spacial score (nSPS) is 4.71. The van der Waals surface area contributed by atoms with E-state index < -0.39 is 5.09 Å². The van der Waals surface area contributed by atoms with E-state index in [9.17, 15) is 0 Å². The van der Waals surface area contributed by atoms with E-state index in [4.69, 9.17) is 10.1 Å². The molecule has 0 saturated carbocycles. The van der Waals surface area contributed by atoms with E-state index >= 15 is 0 Å². The zero-order valence-corrected chi connectivity index (χ0v) is 3.31. The van der Waals surface area contributed by atoms with Gasteiger partial charge in [-0.2, -0.15) is 4.39 Å². The second kappa shape index (κ2) is 9.36. The van der Waals surface area contributed by atoms with Crippen LogP contribution in [0.3, 0.4) is 0 Å². The van der Waals surface area contributed by atoms with Gasteiger partial charge >= 0.3 is 5.09 Å². The molecule has 0 bridgehead atoms. The Morgan fingerprint density at radius 2 is 1.86 bits per heavy atom. The zero-order valence-electron chi connectivity index (χ0n) is 2.55. The van der Waals surface area contributed by atoms with Gasteiger partial charge in [-0.25, -0.2) is 0 Å². The molecule has 7 heteroatoms. The predicted molar refractivity (Wildman–Crippen MR) is 27.5 cm³/mol. The first-order valence-electron chi connectivity index (χ1n) is 0.702. The lowest BCUT2D eigenvalue weighted by Gasteiger charge is -1.69. The van der Waals surface area contributed by atoms with Crippen LogP contribution in [-0.4, -0.2) is 27.9 Å². The highest BCUT2D eigenvalue weighted by Crippen LogP contribution is 1.73. The van der Waals surface area contributed by atoms with Crippen molar-refractivity contribution in [3.8, 4) is 0 Å².